The molecule has 6 rings (SSSR count). The Hall–Kier alpha value is -3.70. The topological polar surface area (TPSA) is 104 Å². The van der Waals surface area contributed by atoms with Crippen LogP contribution in [-0.2, 0) is 14.2 Å². The van der Waals surface area contributed by atoms with E-state index in [1.165, 1.54) is 0 Å². The number of anilines is 1. The lowest BCUT2D eigenvalue weighted by Gasteiger charge is -2.41. The number of methoxy groups -OCH3 is 1. The first kappa shape index (κ1) is 30.3. The zero-order valence-electron chi connectivity index (χ0n) is 26.3. The van der Waals surface area contributed by atoms with Gasteiger partial charge < -0.3 is 28.7 Å². The summed E-state index contributed by atoms with van der Waals surface area (Å²) < 4.78 is 24.8. The number of rotatable bonds is 9. The molecule has 0 radical (unpaired) electrons. The van der Waals surface area contributed by atoms with Crippen molar-refractivity contribution >= 4 is 11.9 Å². The van der Waals surface area contributed by atoms with E-state index in [9.17, 15) is 4.79 Å². The molecule has 4 heterocycles. The summed E-state index contributed by atoms with van der Waals surface area (Å²) in [7, 11) is 1.60. The average Bonchev–Trinajstić information content (AvgIpc) is 3.68. The van der Waals surface area contributed by atoms with Gasteiger partial charge in [-0.1, -0.05) is 6.07 Å². The van der Waals surface area contributed by atoms with Gasteiger partial charge in [-0.15, -0.1) is 10.2 Å². The first-order valence-electron chi connectivity index (χ1n) is 15.8. The number of carbonyl (C=O) groups excluding carboxylic acids is 1. The Morgan fingerprint density at radius 2 is 1.89 bits per heavy atom. The molecule has 3 aromatic rings. The molecule has 2 saturated heterocycles. The second-order valence-electron chi connectivity index (χ2n) is 12.9. The van der Waals surface area contributed by atoms with Crippen LogP contribution in [-0.4, -0.2) is 82.3 Å². The van der Waals surface area contributed by atoms with Crippen LogP contribution in [0.1, 0.15) is 71.9 Å². The molecule has 44 heavy (non-hydrogen) atoms. The van der Waals surface area contributed by atoms with Crippen LogP contribution in [0.5, 0.6) is 5.75 Å². The van der Waals surface area contributed by atoms with Crippen molar-refractivity contribution in [2.45, 2.75) is 89.6 Å². The molecule has 236 valence electrons. The molecule has 2 aliphatic heterocycles. The summed E-state index contributed by atoms with van der Waals surface area (Å²) in [5.74, 6) is 1.45. The van der Waals surface area contributed by atoms with E-state index in [0.29, 0.717) is 18.0 Å². The van der Waals surface area contributed by atoms with Crippen molar-refractivity contribution in [1.82, 2.24) is 24.9 Å². The minimum atomic E-state index is -0.519. The molecular formula is C33H44N6O5. The van der Waals surface area contributed by atoms with Crippen LogP contribution >= 0.6 is 0 Å². The summed E-state index contributed by atoms with van der Waals surface area (Å²) in [6.45, 7) is 8.16. The third-order valence-electron chi connectivity index (χ3n) is 8.58. The number of carbonyl (C=O) groups is 1. The van der Waals surface area contributed by atoms with E-state index in [-0.39, 0.29) is 31.2 Å². The zero-order valence-corrected chi connectivity index (χ0v) is 26.3. The molecular weight excluding hydrogens is 560 g/mol. The van der Waals surface area contributed by atoms with Gasteiger partial charge in [0.15, 0.2) is 12.6 Å². The fourth-order valence-corrected chi connectivity index (χ4v) is 6.12. The van der Waals surface area contributed by atoms with E-state index >= 15 is 0 Å². The van der Waals surface area contributed by atoms with Gasteiger partial charge in [0.1, 0.15) is 17.6 Å². The van der Waals surface area contributed by atoms with Gasteiger partial charge in [0.05, 0.1) is 17.9 Å². The Labute approximate surface area is 259 Å². The number of hydrogen-bond acceptors (Lipinski definition) is 9. The van der Waals surface area contributed by atoms with Crippen molar-refractivity contribution in [3.63, 3.8) is 0 Å². The molecule has 0 N–H and O–H groups in total. The van der Waals surface area contributed by atoms with Crippen LogP contribution in [0.3, 0.4) is 0 Å². The summed E-state index contributed by atoms with van der Waals surface area (Å²) in [5, 5.41) is 13.8. The van der Waals surface area contributed by atoms with Gasteiger partial charge >= 0.3 is 6.09 Å². The van der Waals surface area contributed by atoms with E-state index < -0.39 is 5.60 Å². The largest absolute Gasteiger partial charge is 0.467 e. The first-order chi connectivity index (χ1) is 21.3. The summed E-state index contributed by atoms with van der Waals surface area (Å²) in [6.07, 6.45) is 11.0. The maximum absolute atomic E-state index is 13.1. The SMILES string of the molecule is COCOc1cc(-c2cnn(C3CCCCO3)c2)ccc1-c1ccc(N2CC[C@@H](N(C(=O)OC(C)(C)C)C3CCC3)C2)nn1. The van der Waals surface area contributed by atoms with Crippen molar-refractivity contribution in [3.8, 4) is 28.1 Å². The highest BCUT2D eigenvalue weighted by Gasteiger charge is 2.40. The molecule has 1 unspecified atom stereocenters. The highest BCUT2D eigenvalue weighted by molar-refractivity contribution is 5.74. The number of amides is 1. The lowest BCUT2D eigenvalue weighted by molar-refractivity contribution is -0.0394. The Bertz CT molecular complexity index is 1410. The molecule has 3 fully saturated rings. The Morgan fingerprint density at radius 1 is 1.02 bits per heavy atom. The van der Waals surface area contributed by atoms with Gasteiger partial charge in [-0.25, -0.2) is 9.48 Å². The van der Waals surface area contributed by atoms with Gasteiger partial charge in [-0.3, -0.25) is 0 Å². The second-order valence-corrected chi connectivity index (χ2v) is 12.9. The Kier molecular flexibility index (Phi) is 9.04. The molecule has 1 aliphatic carbocycles. The van der Waals surface area contributed by atoms with Gasteiger partial charge in [-0.2, -0.15) is 5.10 Å². The maximum atomic E-state index is 13.1. The predicted molar refractivity (Wildman–Crippen MR) is 166 cm³/mol. The van der Waals surface area contributed by atoms with Gasteiger partial charge in [-0.05, 0) is 95.5 Å². The lowest BCUT2D eigenvalue weighted by atomic mass is 9.90. The molecule has 1 amide bonds. The van der Waals surface area contributed by atoms with Crippen LogP contribution < -0.4 is 9.64 Å². The molecule has 11 heteroatoms. The second kappa shape index (κ2) is 13.1. The molecule has 0 spiro atoms. The summed E-state index contributed by atoms with van der Waals surface area (Å²) in [6, 6.07) is 10.4. The van der Waals surface area contributed by atoms with Gasteiger partial charge in [0, 0.05) is 50.2 Å². The monoisotopic (exact) mass is 604 g/mol. The summed E-state index contributed by atoms with van der Waals surface area (Å²) in [4.78, 5) is 17.3. The number of hydrogen-bond donors (Lipinski definition) is 0. The standard InChI is InChI=1S/C33H44N6O5/c1-33(2,3)44-32(40)39(25-8-7-9-25)26-15-16-37(21-26)30-14-13-28(35-36-30)27-12-11-23(18-29(27)43-22-41-4)24-19-34-38(20-24)31-10-5-6-17-42-31/h11-14,18-20,25-26,31H,5-10,15-17,21-22H2,1-4H3/t26-,31?/m1/s1. The lowest BCUT2D eigenvalue weighted by Crippen LogP contribution is -2.52. The summed E-state index contributed by atoms with van der Waals surface area (Å²) >= 11 is 0. The molecule has 2 aromatic heterocycles. The maximum Gasteiger partial charge on any atom is 0.410 e. The first-order valence-corrected chi connectivity index (χ1v) is 15.8. The molecule has 1 saturated carbocycles. The van der Waals surface area contributed by atoms with Crippen LogP contribution in [0.2, 0.25) is 0 Å². The average molecular weight is 605 g/mol. The molecule has 1 aromatic carbocycles. The number of nitrogens with zero attached hydrogens (tertiary/aromatic N) is 6. The van der Waals surface area contributed by atoms with Gasteiger partial charge in [0.25, 0.3) is 0 Å². The number of ether oxygens (including phenoxy) is 4. The third-order valence-corrected chi connectivity index (χ3v) is 8.58. The van der Waals surface area contributed by atoms with E-state index in [4.69, 9.17) is 18.9 Å². The van der Waals surface area contributed by atoms with E-state index in [2.05, 4.69) is 20.2 Å². The highest BCUT2D eigenvalue weighted by atomic mass is 16.7. The number of benzene rings is 1. The van der Waals surface area contributed by atoms with Gasteiger partial charge in [0.2, 0.25) is 0 Å². The van der Waals surface area contributed by atoms with Crippen LogP contribution in [0.15, 0.2) is 42.7 Å². The smallest absolute Gasteiger partial charge is 0.410 e. The van der Waals surface area contributed by atoms with Crippen molar-refractivity contribution in [1.29, 1.82) is 0 Å². The zero-order chi connectivity index (χ0) is 30.7. The quantitative estimate of drug-likeness (QED) is 0.270. The fourth-order valence-electron chi connectivity index (χ4n) is 6.12. The molecule has 2 atom stereocenters. The molecule has 11 nitrogen and oxygen atoms in total. The van der Waals surface area contributed by atoms with Crippen LogP contribution in [0, 0.1) is 0 Å². The Balaban J connectivity index is 1.17. The summed E-state index contributed by atoms with van der Waals surface area (Å²) in [5.41, 5.74) is 2.98. The van der Waals surface area contributed by atoms with E-state index in [0.717, 1.165) is 80.6 Å². The number of aromatic nitrogens is 4. The minimum absolute atomic E-state index is 0.0146. The van der Waals surface area contributed by atoms with Crippen LogP contribution in [0.25, 0.3) is 22.4 Å². The predicted octanol–water partition coefficient (Wildman–Crippen LogP) is 6.06. The Morgan fingerprint density at radius 3 is 2.57 bits per heavy atom. The van der Waals surface area contributed by atoms with Crippen molar-refractivity contribution in [2.75, 3.05) is 38.5 Å². The van der Waals surface area contributed by atoms with Crippen molar-refractivity contribution in [2.24, 2.45) is 0 Å². The van der Waals surface area contributed by atoms with E-state index in [1.54, 1.807) is 7.11 Å². The van der Waals surface area contributed by atoms with E-state index in [1.807, 2.05) is 73.1 Å². The normalized spacial score (nSPS) is 20.8. The fraction of sp³-hybridized carbons (Fsp3) is 0.576. The van der Waals surface area contributed by atoms with Crippen LogP contribution in [0.4, 0.5) is 10.6 Å². The molecule has 3 aliphatic rings. The van der Waals surface area contributed by atoms with Crippen molar-refractivity contribution in [3.05, 3.63) is 42.7 Å². The highest BCUT2D eigenvalue weighted by Crippen LogP contribution is 2.36. The third kappa shape index (κ3) is 6.83. The van der Waals surface area contributed by atoms with Crippen molar-refractivity contribution < 1.29 is 23.7 Å². The molecule has 0 bridgehead atoms. The minimum Gasteiger partial charge on any atom is -0.467 e.